The molecule has 2 N–H and O–H groups in total. The van der Waals surface area contributed by atoms with E-state index < -0.39 is 0 Å². The number of fused-ring (bicyclic) bond motifs is 3. The van der Waals surface area contributed by atoms with Crippen molar-refractivity contribution in [2.24, 2.45) is 0 Å². The van der Waals surface area contributed by atoms with E-state index >= 15 is 0 Å². The maximum Gasteiger partial charge on any atom is 0.123 e. The molecule has 0 radical (unpaired) electrons. The van der Waals surface area contributed by atoms with E-state index in [9.17, 15) is 0 Å². The Morgan fingerprint density at radius 3 is 2.86 bits per heavy atom. The number of ether oxygens (including phenoxy) is 2. The standard InChI is InChI=1S/C23H27N3O2/c1-27-21-7-6-16(14-17(21)15-26-10-12-28-13-11-26)22-23-19(8-9-24-22)18-4-2-3-5-20(18)25-23/h2-7,14,22,24-25H,8-13,15H2,1H3. The molecule has 3 aromatic rings. The van der Waals surface area contributed by atoms with Gasteiger partial charge in [0.2, 0.25) is 0 Å². The van der Waals surface area contributed by atoms with Crippen molar-refractivity contribution in [3.8, 4) is 5.75 Å². The fraction of sp³-hybridized carbons (Fsp3) is 0.391. The molecule has 28 heavy (non-hydrogen) atoms. The number of H-pyrrole nitrogens is 1. The van der Waals surface area contributed by atoms with Gasteiger partial charge in [-0.2, -0.15) is 0 Å². The van der Waals surface area contributed by atoms with E-state index in [-0.39, 0.29) is 6.04 Å². The van der Waals surface area contributed by atoms with Gasteiger partial charge in [0.25, 0.3) is 0 Å². The lowest BCUT2D eigenvalue weighted by molar-refractivity contribution is 0.0338. The fourth-order valence-corrected chi connectivity index (χ4v) is 4.57. The van der Waals surface area contributed by atoms with Gasteiger partial charge in [-0.1, -0.05) is 24.3 Å². The lowest BCUT2D eigenvalue weighted by Crippen LogP contribution is -2.36. The third-order valence-corrected chi connectivity index (χ3v) is 5.99. The van der Waals surface area contributed by atoms with E-state index in [0.717, 1.165) is 51.6 Å². The summed E-state index contributed by atoms with van der Waals surface area (Å²) in [7, 11) is 1.76. The zero-order valence-electron chi connectivity index (χ0n) is 16.3. The molecule has 1 fully saturated rings. The Kier molecular flexibility index (Phi) is 4.81. The molecule has 5 nitrogen and oxygen atoms in total. The van der Waals surface area contributed by atoms with Gasteiger partial charge in [0, 0.05) is 48.3 Å². The van der Waals surface area contributed by atoms with Crippen LogP contribution in [0.4, 0.5) is 0 Å². The summed E-state index contributed by atoms with van der Waals surface area (Å²) in [5.74, 6) is 0.961. The van der Waals surface area contributed by atoms with Gasteiger partial charge in [0.1, 0.15) is 5.75 Å². The van der Waals surface area contributed by atoms with Gasteiger partial charge >= 0.3 is 0 Å². The number of morpholine rings is 1. The normalized spacial score (nSPS) is 20.2. The molecule has 5 rings (SSSR count). The first-order chi connectivity index (χ1) is 13.8. The minimum absolute atomic E-state index is 0.186. The molecular weight excluding hydrogens is 350 g/mol. The summed E-state index contributed by atoms with van der Waals surface area (Å²) in [6.45, 7) is 5.45. The molecule has 1 saturated heterocycles. The van der Waals surface area contributed by atoms with E-state index in [1.807, 2.05) is 0 Å². The molecular formula is C23H27N3O2. The summed E-state index contributed by atoms with van der Waals surface area (Å²) in [6.07, 6.45) is 1.06. The van der Waals surface area contributed by atoms with Gasteiger partial charge in [0.05, 0.1) is 26.4 Å². The molecule has 2 aromatic carbocycles. The third-order valence-electron chi connectivity index (χ3n) is 5.99. The number of benzene rings is 2. The van der Waals surface area contributed by atoms with E-state index in [1.54, 1.807) is 7.11 Å². The Hall–Kier alpha value is -2.34. The monoisotopic (exact) mass is 377 g/mol. The first-order valence-electron chi connectivity index (χ1n) is 10.1. The van der Waals surface area contributed by atoms with E-state index in [4.69, 9.17) is 9.47 Å². The Morgan fingerprint density at radius 2 is 2.00 bits per heavy atom. The molecule has 5 heteroatoms. The van der Waals surface area contributed by atoms with Crippen molar-refractivity contribution in [3.63, 3.8) is 0 Å². The topological polar surface area (TPSA) is 49.5 Å². The summed E-state index contributed by atoms with van der Waals surface area (Å²) in [4.78, 5) is 6.11. The van der Waals surface area contributed by atoms with Gasteiger partial charge in [-0.05, 0) is 35.7 Å². The maximum atomic E-state index is 5.66. The van der Waals surface area contributed by atoms with Crippen LogP contribution in [0.3, 0.4) is 0 Å². The van der Waals surface area contributed by atoms with Crippen LogP contribution in [-0.2, 0) is 17.7 Å². The minimum atomic E-state index is 0.186. The molecule has 0 bridgehead atoms. The Morgan fingerprint density at radius 1 is 1.14 bits per heavy atom. The summed E-state index contributed by atoms with van der Waals surface area (Å²) in [5, 5.41) is 5.07. The summed E-state index contributed by atoms with van der Waals surface area (Å²) in [5.41, 5.74) is 6.51. The van der Waals surface area contributed by atoms with Gasteiger partial charge < -0.3 is 19.8 Å². The number of rotatable bonds is 4. The highest BCUT2D eigenvalue weighted by Crippen LogP contribution is 2.35. The average Bonchev–Trinajstić information content (AvgIpc) is 3.13. The number of nitrogens with zero attached hydrogens (tertiary/aromatic N) is 1. The second-order valence-corrected chi connectivity index (χ2v) is 7.66. The molecule has 2 aliphatic rings. The van der Waals surface area contributed by atoms with E-state index in [2.05, 4.69) is 57.7 Å². The SMILES string of the molecule is COc1ccc(C2NCCc3c2[nH]c2ccccc32)cc1CN1CCOCC1. The van der Waals surface area contributed by atoms with Gasteiger partial charge in [-0.15, -0.1) is 0 Å². The predicted molar refractivity (Wildman–Crippen MR) is 111 cm³/mol. The third kappa shape index (κ3) is 3.20. The second kappa shape index (κ2) is 7.59. The van der Waals surface area contributed by atoms with Crippen molar-refractivity contribution in [1.82, 2.24) is 15.2 Å². The number of methoxy groups -OCH3 is 1. The van der Waals surface area contributed by atoms with Crippen molar-refractivity contribution < 1.29 is 9.47 Å². The number of hydrogen-bond donors (Lipinski definition) is 2. The first kappa shape index (κ1) is 17.7. The first-order valence-corrected chi connectivity index (χ1v) is 10.1. The molecule has 1 unspecified atom stereocenters. The molecule has 2 aliphatic heterocycles. The lowest BCUT2D eigenvalue weighted by Gasteiger charge is -2.29. The molecule has 0 saturated carbocycles. The highest BCUT2D eigenvalue weighted by atomic mass is 16.5. The molecule has 0 spiro atoms. The maximum absolute atomic E-state index is 5.66. The predicted octanol–water partition coefficient (Wildman–Crippen LogP) is 3.24. The van der Waals surface area contributed by atoms with Crippen molar-refractivity contribution in [2.75, 3.05) is 40.0 Å². The molecule has 1 atom stereocenters. The quantitative estimate of drug-likeness (QED) is 0.733. The summed E-state index contributed by atoms with van der Waals surface area (Å²) >= 11 is 0. The fourth-order valence-electron chi connectivity index (χ4n) is 4.57. The molecule has 146 valence electrons. The Bertz CT molecular complexity index is 975. The summed E-state index contributed by atoms with van der Waals surface area (Å²) < 4.78 is 11.2. The second-order valence-electron chi connectivity index (χ2n) is 7.66. The number of para-hydroxylation sites is 1. The van der Waals surface area contributed by atoms with Crippen molar-refractivity contribution in [1.29, 1.82) is 0 Å². The van der Waals surface area contributed by atoms with Gasteiger partial charge in [-0.3, -0.25) is 4.90 Å². The van der Waals surface area contributed by atoms with E-state index in [1.165, 1.54) is 33.3 Å². The highest BCUT2D eigenvalue weighted by Gasteiger charge is 2.26. The minimum Gasteiger partial charge on any atom is -0.496 e. The van der Waals surface area contributed by atoms with Crippen LogP contribution in [0, 0.1) is 0 Å². The van der Waals surface area contributed by atoms with Crippen molar-refractivity contribution in [2.45, 2.75) is 19.0 Å². The number of hydrogen-bond acceptors (Lipinski definition) is 4. The molecule has 1 aromatic heterocycles. The van der Waals surface area contributed by atoms with Crippen molar-refractivity contribution >= 4 is 10.9 Å². The molecule has 0 amide bonds. The largest absolute Gasteiger partial charge is 0.496 e. The molecule has 0 aliphatic carbocycles. The van der Waals surface area contributed by atoms with Crippen LogP contribution < -0.4 is 10.1 Å². The summed E-state index contributed by atoms with van der Waals surface area (Å²) in [6, 6.07) is 15.4. The Labute approximate surface area is 165 Å². The van der Waals surface area contributed by atoms with Crippen molar-refractivity contribution in [3.05, 3.63) is 64.8 Å². The van der Waals surface area contributed by atoms with Crippen LogP contribution in [0.2, 0.25) is 0 Å². The van der Waals surface area contributed by atoms with Gasteiger partial charge in [0.15, 0.2) is 0 Å². The number of aromatic nitrogens is 1. The highest BCUT2D eigenvalue weighted by molar-refractivity contribution is 5.85. The number of nitrogens with one attached hydrogen (secondary N) is 2. The number of aromatic amines is 1. The smallest absolute Gasteiger partial charge is 0.123 e. The van der Waals surface area contributed by atoms with Crippen LogP contribution in [0.25, 0.3) is 10.9 Å². The van der Waals surface area contributed by atoms with Gasteiger partial charge in [-0.25, -0.2) is 0 Å². The molecule has 3 heterocycles. The van der Waals surface area contributed by atoms with Crippen LogP contribution in [-0.4, -0.2) is 49.8 Å². The zero-order valence-corrected chi connectivity index (χ0v) is 16.3. The van der Waals surface area contributed by atoms with Crippen LogP contribution in [0.1, 0.15) is 28.4 Å². The lowest BCUT2D eigenvalue weighted by atomic mass is 9.93. The van der Waals surface area contributed by atoms with Crippen LogP contribution in [0.5, 0.6) is 5.75 Å². The van der Waals surface area contributed by atoms with Crippen LogP contribution in [0.15, 0.2) is 42.5 Å². The van der Waals surface area contributed by atoms with Crippen LogP contribution >= 0.6 is 0 Å². The zero-order chi connectivity index (χ0) is 18.9. The Balaban J connectivity index is 1.51. The van der Waals surface area contributed by atoms with E-state index in [0.29, 0.717) is 0 Å². The average molecular weight is 377 g/mol.